The second kappa shape index (κ2) is 6.44. The van der Waals surface area contributed by atoms with Crippen molar-refractivity contribution >= 4 is 11.6 Å². The van der Waals surface area contributed by atoms with Crippen molar-refractivity contribution in [3.63, 3.8) is 0 Å². The van der Waals surface area contributed by atoms with Gasteiger partial charge in [0.15, 0.2) is 5.65 Å². The smallest absolute Gasteiger partial charge is 0.266 e. The number of amides is 1. The predicted molar refractivity (Wildman–Crippen MR) is 96.4 cm³/mol. The van der Waals surface area contributed by atoms with Crippen LogP contribution in [0.15, 0.2) is 23.3 Å². The molecule has 1 aliphatic rings. The Hall–Kier alpha value is -2.90. The maximum Gasteiger partial charge on any atom is 0.266 e. The van der Waals surface area contributed by atoms with Crippen molar-refractivity contribution < 1.29 is 4.79 Å². The Bertz CT molecular complexity index is 1010. The Labute approximate surface area is 150 Å². The molecule has 0 aliphatic carbocycles. The number of rotatable bonds is 3. The number of hydrogen-bond donors (Lipinski definition) is 2. The molecule has 0 aromatic carbocycles. The molecule has 0 unspecified atom stereocenters. The van der Waals surface area contributed by atoms with Gasteiger partial charge in [0.25, 0.3) is 11.5 Å². The highest BCUT2D eigenvalue weighted by atomic mass is 16.2. The molecule has 0 radical (unpaired) electrons. The van der Waals surface area contributed by atoms with Gasteiger partial charge in [0.1, 0.15) is 0 Å². The third-order valence-electron chi connectivity index (χ3n) is 5.32. The van der Waals surface area contributed by atoms with E-state index in [1.54, 1.807) is 10.7 Å². The van der Waals surface area contributed by atoms with Crippen molar-refractivity contribution in [1.29, 1.82) is 0 Å². The number of aryl methyl sites for hydroxylation is 2. The molecular formula is C18H22N6O2. The zero-order chi connectivity index (χ0) is 18.3. The van der Waals surface area contributed by atoms with Crippen LogP contribution in [0.25, 0.3) is 5.65 Å². The highest BCUT2D eigenvalue weighted by Gasteiger charge is 2.28. The Morgan fingerprint density at radius 1 is 1.31 bits per heavy atom. The first kappa shape index (κ1) is 16.6. The number of carbonyl (C=O) groups excluding carboxylic acids is 1. The first-order valence-electron chi connectivity index (χ1n) is 8.97. The van der Waals surface area contributed by atoms with Gasteiger partial charge in [-0.3, -0.25) is 19.8 Å². The normalized spacial score (nSPS) is 15.7. The molecule has 26 heavy (non-hydrogen) atoms. The van der Waals surface area contributed by atoms with Crippen LogP contribution in [0.3, 0.4) is 0 Å². The second-order valence-electron chi connectivity index (χ2n) is 6.80. The van der Waals surface area contributed by atoms with Crippen molar-refractivity contribution in [3.05, 3.63) is 51.3 Å². The van der Waals surface area contributed by atoms with E-state index in [0.29, 0.717) is 35.9 Å². The lowest BCUT2D eigenvalue weighted by molar-refractivity contribution is 0.0710. The standard InChI is InChI=1S/C18H22N6O2/c1-3-12-9-20-21-17(12)13-4-6-23(7-5-13)18(26)14-10-19-15-8-16(25)22-24(15)11(14)2/h8-10,13H,3-7H2,1-2H3,(H,20,21)(H,22,25). The van der Waals surface area contributed by atoms with E-state index in [1.165, 1.54) is 17.3 Å². The van der Waals surface area contributed by atoms with Crippen molar-refractivity contribution in [2.24, 2.45) is 0 Å². The highest BCUT2D eigenvalue weighted by molar-refractivity contribution is 5.95. The van der Waals surface area contributed by atoms with Crippen LogP contribution in [0.4, 0.5) is 0 Å². The van der Waals surface area contributed by atoms with Gasteiger partial charge in [0.05, 0.1) is 17.5 Å². The van der Waals surface area contributed by atoms with Crippen LogP contribution in [-0.4, -0.2) is 48.7 Å². The van der Waals surface area contributed by atoms with Crippen molar-refractivity contribution in [1.82, 2.24) is 29.7 Å². The molecule has 8 nitrogen and oxygen atoms in total. The van der Waals surface area contributed by atoms with Crippen LogP contribution in [0, 0.1) is 6.92 Å². The lowest BCUT2D eigenvalue weighted by Crippen LogP contribution is -2.38. The van der Waals surface area contributed by atoms with Gasteiger partial charge >= 0.3 is 0 Å². The molecule has 8 heteroatoms. The minimum atomic E-state index is -0.225. The molecule has 4 heterocycles. The zero-order valence-electron chi connectivity index (χ0n) is 15.0. The number of carbonyl (C=O) groups is 1. The van der Waals surface area contributed by atoms with Gasteiger partial charge in [-0.25, -0.2) is 9.50 Å². The van der Waals surface area contributed by atoms with Crippen LogP contribution >= 0.6 is 0 Å². The summed E-state index contributed by atoms with van der Waals surface area (Å²) in [6, 6.07) is 1.42. The Morgan fingerprint density at radius 2 is 2.08 bits per heavy atom. The molecule has 1 aliphatic heterocycles. The number of aromatic nitrogens is 5. The number of H-pyrrole nitrogens is 2. The topological polar surface area (TPSA) is 99.2 Å². The van der Waals surface area contributed by atoms with E-state index in [1.807, 2.05) is 18.0 Å². The molecule has 0 atom stereocenters. The van der Waals surface area contributed by atoms with E-state index >= 15 is 0 Å². The summed E-state index contributed by atoms with van der Waals surface area (Å²) < 4.78 is 1.57. The lowest BCUT2D eigenvalue weighted by Gasteiger charge is -2.32. The average molecular weight is 354 g/mol. The van der Waals surface area contributed by atoms with Gasteiger partial charge in [0, 0.05) is 37.0 Å². The maximum absolute atomic E-state index is 12.9. The molecule has 1 fully saturated rings. The molecule has 0 saturated carbocycles. The van der Waals surface area contributed by atoms with Gasteiger partial charge < -0.3 is 4.90 Å². The van der Waals surface area contributed by atoms with Gasteiger partial charge in [-0.1, -0.05) is 6.92 Å². The van der Waals surface area contributed by atoms with Crippen molar-refractivity contribution in [2.45, 2.75) is 39.0 Å². The second-order valence-corrected chi connectivity index (χ2v) is 6.80. The number of aromatic amines is 2. The predicted octanol–water partition coefficient (Wildman–Crippen LogP) is 1.64. The van der Waals surface area contributed by atoms with Gasteiger partial charge in [-0.05, 0) is 31.7 Å². The largest absolute Gasteiger partial charge is 0.338 e. The highest BCUT2D eigenvalue weighted by Crippen LogP contribution is 2.29. The zero-order valence-corrected chi connectivity index (χ0v) is 15.0. The van der Waals surface area contributed by atoms with E-state index in [0.717, 1.165) is 19.3 Å². The number of nitrogens with zero attached hydrogens (tertiary/aromatic N) is 4. The van der Waals surface area contributed by atoms with Crippen molar-refractivity contribution in [3.8, 4) is 0 Å². The van der Waals surface area contributed by atoms with Gasteiger partial charge in [-0.2, -0.15) is 5.10 Å². The lowest BCUT2D eigenvalue weighted by atomic mass is 9.90. The molecule has 1 saturated heterocycles. The molecule has 136 valence electrons. The summed E-state index contributed by atoms with van der Waals surface area (Å²) in [7, 11) is 0. The summed E-state index contributed by atoms with van der Waals surface area (Å²) in [4.78, 5) is 30.6. The quantitative estimate of drug-likeness (QED) is 0.747. The Kier molecular flexibility index (Phi) is 4.10. The number of hydrogen-bond acceptors (Lipinski definition) is 4. The molecule has 4 rings (SSSR count). The average Bonchev–Trinajstić information content (AvgIpc) is 3.27. The number of nitrogens with one attached hydrogen (secondary N) is 2. The third kappa shape index (κ3) is 2.71. The third-order valence-corrected chi connectivity index (χ3v) is 5.32. The van der Waals surface area contributed by atoms with E-state index in [4.69, 9.17) is 0 Å². The minimum Gasteiger partial charge on any atom is -0.338 e. The number of piperidine rings is 1. The fourth-order valence-corrected chi connectivity index (χ4v) is 3.78. The molecule has 3 aromatic heterocycles. The minimum absolute atomic E-state index is 0.0368. The van der Waals surface area contributed by atoms with Crippen LogP contribution in [-0.2, 0) is 6.42 Å². The van der Waals surface area contributed by atoms with Crippen molar-refractivity contribution in [2.75, 3.05) is 13.1 Å². The number of likely N-dealkylation sites (tertiary alicyclic amines) is 1. The molecule has 0 bridgehead atoms. The van der Waals surface area contributed by atoms with E-state index in [2.05, 4.69) is 27.2 Å². The van der Waals surface area contributed by atoms with Crippen LogP contribution in [0.1, 0.15) is 53.0 Å². The summed E-state index contributed by atoms with van der Waals surface area (Å²) in [5.74, 6) is 0.379. The molecule has 2 N–H and O–H groups in total. The Morgan fingerprint density at radius 3 is 2.81 bits per heavy atom. The number of fused-ring (bicyclic) bond motifs is 1. The van der Waals surface area contributed by atoms with Gasteiger partial charge in [0.2, 0.25) is 0 Å². The monoisotopic (exact) mass is 354 g/mol. The van der Waals surface area contributed by atoms with E-state index in [9.17, 15) is 9.59 Å². The van der Waals surface area contributed by atoms with E-state index in [-0.39, 0.29) is 11.5 Å². The summed E-state index contributed by atoms with van der Waals surface area (Å²) in [6.45, 7) is 5.35. The molecular weight excluding hydrogens is 332 g/mol. The first-order chi connectivity index (χ1) is 12.6. The molecule has 0 spiro atoms. The summed E-state index contributed by atoms with van der Waals surface area (Å²) in [6.07, 6.45) is 6.25. The summed E-state index contributed by atoms with van der Waals surface area (Å²) >= 11 is 0. The first-order valence-corrected chi connectivity index (χ1v) is 8.97. The van der Waals surface area contributed by atoms with Gasteiger partial charge in [-0.15, -0.1) is 0 Å². The van der Waals surface area contributed by atoms with Crippen LogP contribution in [0.5, 0.6) is 0 Å². The van der Waals surface area contributed by atoms with Crippen LogP contribution < -0.4 is 5.56 Å². The summed E-state index contributed by atoms with van der Waals surface area (Å²) in [5.41, 5.74) is 4.00. The fraction of sp³-hybridized carbons (Fsp3) is 0.444. The van der Waals surface area contributed by atoms with Crippen LogP contribution in [0.2, 0.25) is 0 Å². The fourth-order valence-electron chi connectivity index (χ4n) is 3.78. The Balaban J connectivity index is 1.52. The van der Waals surface area contributed by atoms with E-state index < -0.39 is 0 Å². The molecule has 3 aromatic rings. The molecule has 1 amide bonds. The summed E-state index contributed by atoms with van der Waals surface area (Å²) in [5, 5.41) is 9.98. The maximum atomic E-state index is 12.9. The SMILES string of the molecule is CCc1cn[nH]c1C1CCN(C(=O)c2cnc3cc(=O)[nH]n3c2C)CC1.